The lowest BCUT2D eigenvalue weighted by Crippen LogP contribution is -2.47. The van der Waals surface area contributed by atoms with Crippen molar-refractivity contribution in [1.82, 2.24) is 15.6 Å². The predicted octanol–water partition coefficient (Wildman–Crippen LogP) is 4.10. The molecule has 1 aromatic heterocycles. The monoisotopic (exact) mass is 492 g/mol. The summed E-state index contributed by atoms with van der Waals surface area (Å²) in [5.74, 6) is 2.81. The van der Waals surface area contributed by atoms with Crippen LogP contribution in [0.1, 0.15) is 66.0 Å². The number of aromatic nitrogens is 1. The van der Waals surface area contributed by atoms with E-state index >= 15 is 0 Å². The summed E-state index contributed by atoms with van der Waals surface area (Å²) in [4.78, 5) is 8.67. The summed E-state index contributed by atoms with van der Waals surface area (Å²) < 4.78 is 11.9. The van der Waals surface area contributed by atoms with Crippen LogP contribution in [-0.4, -0.2) is 37.2 Å². The van der Waals surface area contributed by atoms with Gasteiger partial charge >= 0.3 is 0 Å². The number of oxazole rings is 1. The fraction of sp³-hybridized carbons (Fsp3) is 0.800. The van der Waals surface area contributed by atoms with E-state index in [4.69, 9.17) is 9.15 Å². The van der Waals surface area contributed by atoms with Crippen molar-refractivity contribution in [1.29, 1.82) is 0 Å². The van der Waals surface area contributed by atoms with E-state index in [0.29, 0.717) is 18.4 Å². The van der Waals surface area contributed by atoms with E-state index in [1.807, 2.05) is 0 Å². The highest BCUT2D eigenvalue weighted by molar-refractivity contribution is 14.0. The molecule has 1 aliphatic heterocycles. The molecule has 0 radical (unpaired) electrons. The smallest absolute Gasteiger partial charge is 0.213 e. The summed E-state index contributed by atoms with van der Waals surface area (Å²) in [5, 5.41) is 6.72. The van der Waals surface area contributed by atoms with Crippen molar-refractivity contribution in [3.8, 4) is 0 Å². The highest BCUT2D eigenvalue weighted by Gasteiger charge is 2.35. The fourth-order valence-electron chi connectivity index (χ4n) is 3.36. The van der Waals surface area contributed by atoms with Gasteiger partial charge < -0.3 is 19.8 Å². The van der Waals surface area contributed by atoms with E-state index in [0.717, 1.165) is 31.3 Å². The van der Waals surface area contributed by atoms with Gasteiger partial charge in [-0.2, -0.15) is 0 Å². The molecule has 1 aliphatic rings. The van der Waals surface area contributed by atoms with Crippen LogP contribution < -0.4 is 10.6 Å². The second-order valence-corrected chi connectivity index (χ2v) is 9.23. The molecule has 1 fully saturated rings. The first-order valence-corrected chi connectivity index (χ1v) is 9.62. The van der Waals surface area contributed by atoms with Crippen LogP contribution in [0.5, 0.6) is 0 Å². The number of rotatable bonds is 4. The first kappa shape index (κ1) is 24.2. The maximum Gasteiger partial charge on any atom is 0.213 e. The van der Waals surface area contributed by atoms with E-state index in [1.165, 1.54) is 6.42 Å². The molecule has 0 aliphatic carbocycles. The third-order valence-corrected chi connectivity index (χ3v) is 4.75. The molecule has 0 saturated carbocycles. The minimum absolute atomic E-state index is 0. The Bertz CT molecular complexity index is 602. The van der Waals surface area contributed by atoms with Crippen molar-refractivity contribution < 1.29 is 9.15 Å². The Morgan fingerprint density at radius 3 is 2.48 bits per heavy atom. The van der Waals surface area contributed by atoms with Crippen molar-refractivity contribution >= 4 is 29.9 Å². The minimum atomic E-state index is -0.0336. The number of nitrogens with one attached hydrogen (secondary N) is 2. The van der Waals surface area contributed by atoms with Gasteiger partial charge in [-0.3, -0.25) is 4.99 Å². The number of aliphatic imine (C=N–C) groups is 1. The topological polar surface area (TPSA) is 71.7 Å². The highest BCUT2D eigenvalue weighted by Crippen LogP contribution is 2.33. The summed E-state index contributed by atoms with van der Waals surface area (Å²) in [5.41, 5.74) is 0.110. The Hall–Kier alpha value is -0.830. The largest absolute Gasteiger partial charge is 0.443 e. The van der Waals surface area contributed by atoms with Gasteiger partial charge in [0.25, 0.3) is 0 Å². The molecule has 2 atom stereocenters. The minimum Gasteiger partial charge on any atom is -0.443 e. The molecule has 0 bridgehead atoms. The fourth-order valence-corrected chi connectivity index (χ4v) is 3.36. The van der Waals surface area contributed by atoms with Gasteiger partial charge in [0.15, 0.2) is 5.96 Å². The molecule has 0 aromatic carbocycles. The van der Waals surface area contributed by atoms with Gasteiger partial charge in [0, 0.05) is 31.5 Å². The summed E-state index contributed by atoms with van der Waals surface area (Å²) >= 11 is 0. The summed E-state index contributed by atoms with van der Waals surface area (Å²) in [6.07, 6.45) is 4.38. The molecule has 27 heavy (non-hydrogen) atoms. The van der Waals surface area contributed by atoms with Gasteiger partial charge in [0.1, 0.15) is 5.76 Å². The van der Waals surface area contributed by atoms with Crippen LogP contribution >= 0.6 is 24.0 Å². The average molecular weight is 492 g/mol. The number of ether oxygens (including phenoxy) is 1. The van der Waals surface area contributed by atoms with Crippen LogP contribution in [0, 0.1) is 11.3 Å². The normalized spacial score (nSPS) is 21.5. The van der Waals surface area contributed by atoms with Crippen LogP contribution in [-0.2, 0) is 16.7 Å². The molecule has 1 saturated heterocycles. The SMILES string of the molecule is CN=C(NCc1ncc(C(C)(C)C)o1)NCC1CCCOC1C(C)(C)C.I. The number of nitrogens with zero attached hydrogens (tertiary/aromatic N) is 2. The van der Waals surface area contributed by atoms with E-state index in [2.05, 4.69) is 62.2 Å². The zero-order valence-corrected chi connectivity index (χ0v) is 20.2. The highest BCUT2D eigenvalue weighted by atomic mass is 127. The second kappa shape index (κ2) is 10.1. The summed E-state index contributed by atoms with van der Waals surface area (Å²) in [7, 11) is 1.78. The molecule has 2 N–H and O–H groups in total. The van der Waals surface area contributed by atoms with Gasteiger partial charge in [-0.1, -0.05) is 41.5 Å². The van der Waals surface area contributed by atoms with Gasteiger partial charge in [-0.25, -0.2) is 4.98 Å². The number of halogens is 1. The van der Waals surface area contributed by atoms with Crippen LogP contribution in [0.3, 0.4) is 0 Å². The number of hydrogen-bond acceptors (Lipinski definition) is 4. The zero-order valence-electron chi connectivity index (χ0n) is 17.9. The van der Waals surface area contributed by atoms with E-state index in [1.54, 1.807) is 13.2 Å². The Morgan fingerprint density at radius 2 is 1.93 bits per heavy atom. The maximum absolute atomic E-state index is 6.06. The van der Waals surface area contributed by atoms with Crippen LogP contribution in [0.15, 0.2) is 15.6 Å². The third-order valence-electron chi connectivity index (χ3n) is 4.75. The Labute approximate surface area is 181 Å². The molecule has 0 spiro atoms. The lowest BCUT2D eigenvalue weighted by Gasteiger charge is -2.40. The third kappa shape index (κ3) is 7.25. The Morgan fingerprint density at radius 1 is 1.22 bits per heavy atom. The first-order valence-electron chi connectivity index (χ1n) is 9.62. The molecular formula is C20H37IN4O2. The van der Waals surface area contributed by atoms with Gasteiger partial charge in [-0.05, 0) is 18.3 Å². The van der Waals surface area contributed by atoms with Gasteiger partial charge in [-0.15, -0.1) is 24.0 Å². The molecule has 2 rings (SSSR count). The van der Waals surface area contributed by atoms with E-state index < -0.39 is 0 Å². The Balaban J connectivity index is 0.00000364. The molecule has 2 unspecified atom stereocenters. The average Bonchev–Trinajstić information content (AvgIpc) is 3.04. The van der Waals surface area contributed by atoms with E-state index in [9.17, 15) is 0 Å². The van der Waals surface area contributed by atoms with Gasteiger partial charge in [0.05, 0.1) is 18.8 Å². The number of hydrogen-bond donors (Lipinski definition) is 2. The second-order valence-electron chi connectivity index (χ2n) is 9.23. The summed E-state index contributed by atoms with van der Waals surface area (Å²) in [6.45, 7) is 15.3. The molecular weight excluding hydrogens is 455 g/mol. The lowest BCUT2D eigenvalue weighted by atomic mass is 9.78. The molecule has 0 amide bonds. The van der Waals surface area contributed by atoms with Crippen molar-refractivity contribution in [3.63, 3.8) is 0 Å². The zero-order chi connectivity index (χ0) is 19.4. The van der Waals surface area contributed by atoms with Crippen LogP contribution in [0.2, 0.25) is 0 Å². The van der Waals surface area contributed by atoms with Crippen molar-refractivity contribution in [2.45, 2.75) is 72.4 Å². The Kier molecular flexibility index (Phi) is 9.05. The standard InChI is InChI=1S/C20H36N4O2.HI/c1-19(2,3)15-12-22-16(26-15)13-24-18(21-7)23-11-14-9-8-10-25-17(14)20(4,5)6;/h12,14,17H,8-11,13H2,1-7H3,(H2,21,23,24);1H. The maximum atomic E-state index is 6.06. The number of guanidine groups is 1. The van der Waals surface area contributed by atoms with E-state index in [-0.39, 0.29) is 40.9 Å². The van der Waals surface area contributed by atoms with Crippen LogP contribution in [0.25, 0.3) is 0 Å². The first-order chi connectivity index (χ1) is 12.1. The molecule has 2 heterocycles. The predicted molar refractivity (Wildman–Crippen MR) is 121 cm³/mol. The van der Waals surface area contributed by atoms with Crippen LogP contribution in [0.4, 0.5) is 0 Å². The molecule has 1 aromatic rings. The van der Waals surface area contributed by atoms with Crippen molar-refractivity contribution in [2.75, 3.05) is 20.2 Å². The quantitative estimate of drug-likeness (QED) is 0.376. The summed E-state index contributed by atoms with van der Waals surface area (Å²) in [6, 6.07) is 0. The lowest BCUT2D eigenvalue weighted by molar-refractivity contribution is -0.0835. The molecule has 156 valence electrons. The van der Waals surface area contributed by atoms with Crippen molar-refractivity contribution in [3.05, 3.63) is 17.8 Å². The molecule has 6 nitrogen and oxygen atoms in total. The van der Waals surface area contributed by atoms with Gasteiger partial charge in [0.2, 0.25) is 5.89 Å². The molecule has 7 heteroatoms. The van der Waals surface area contributed by atoms with Crippen molar-refractivity contribution in [2.24, 2.45) is 16.3 Å².